The number of carbonyl (C=O) groups is 1. The molecular formula is C18H16N2O3. The number of ether oxygens (including phenoxy) is 2. The molecule has 0 aliphatic rings. The fourth-order valence-corrected chi connectivity index (χ4v) is 1.71. The van der Waals surface area contributed by atoms with Crippen molar-refractivity contribution in [3.63, 3.8) is 0 Å². The summed E-state index contributed by atoms with van der Waals surface area (Å²) in [5, 5.41) is 3.89. The van der Waals surface area contributed by atoms with Gasteiger partial charge in [0.2, 0.25) is 0 Å². The lowest BCUT2D eigenvalue weighted by molar-refractivity contribution is -0.123. The second kappa shape index (κ2) is 8.90. The van der Waals surface area contributed by atoms with E-state index in [0.717, 1.165) is 0 Å². The zero-order chi connectivity index (χ0) is 16.3. The fourth-order valence-electron chi connectivity index (χ4n) is 1.71. The molecule has 5 heteroatoms. The fraction of sp³-hybridized carbons (Fsp3) is 0.111. The molecule has 23 heavy (non-hydrogen) atoms. The van der Waals surface area contributed by atoms with Crippen LogP contribution in [0.5, 0.6) is 11.5 Å². The van der Waals surface area contributed by atoms with Crippen molar-refractivity contribution in [2.75, 3.05) is 13.2 Å². The van der Waals surface area contributed by atoms with Crippen LogP contribution in [-0.2, 0) is 4.79 Å². The maximum absolute atomic E-state index is 11.7. The predicted octanol–water partition coefficient (Wildman–Crippen LogP) is 2.23. The third-order valence-electron chi connectivity index (χ3n) is 2.74. The monoisotopic (exact) mass is 308 g/mol. The zero-order valence-corrected chi connectivity index (χ0v) is 12.4. The number of para-hydroxylation sites is 2. The number of nitrogens with one attached hydrogen (secondary N) is 1. The average Bonchev–Trinajstić information content (AvgIpc) is 2.60. The van der Waals surface area contributed by atoms with Gasteiger partial charge < -0.3 is 9.47 Å². The maximum Gasteiger partial charge on any atom is 0.277 e. The summed E-state index contributed by atoms with van der Waals surface area (Å²) in [7, 11) is 0. The molecule has 0 spiro atoms. The lowest BCUT2D eigenvalue weighted by atomic mass is 10.2. The van der Waals surface area contributed by atoms with Gasteiger partial charge in [-0.15, -0.1) is 6.42 Å². The van der Waals surface area contributed by atoms with Gasteiger partial charge in [0.15, 0.2) is 6.61 Å². The highest BCUT2D eigenvalue weighted by Gasteiger charge is 2.02. The van der Waals surface area contributed by atoms with Gasteiger partial charge in [-0.25, -0.2) is 5.43 Å². The number of nitrogens with zero attached hydrogens (tertiary/aromatic N) is 1. The Kier molecular flexibility index (Phi) is 6.24. The number of terminal acetylenes is 1. The van der Waals surface area contributed by atoms with E-state index in [9.17, 15) is 4.79 Å². The Morgan fingerprint density at radius 3 is 2.65 bits per heavy atom. The quantitative estimate of drug-likeness (QED) is 0.485. The van der Waals surface area contributed by atoms with Crippen LogP contribution in [0.1, 0.15) is 5.56 Å². The van der Waals surface area contributed by atoms with Gasteiger partial charge in [0, 0.05) is 5.56 Å². The third kappa shape index (κ3) is 5.56. The molecule has 0 fully saturated rings. The summed E-state index contributed by atoms with van der Waals surface area (Å²) in [6, 6.07) is 16.3. The van der Waals surface area contributed by atoms with Crippen molar-refractivity contribution in [2.24, 2.45) is 5.10 Å². The van der Waals surface area contributed by atoms with Gasteiger partial charge in [0.25, 0.3) is 5.91 Å². The van der Waals surface area contributed by atoms with Crippen LogP contribution in [0.4, 0.5) is 0 Å². The van der Waals surface area contributed by atoms with E-state index >= 15 is 0 Å². The van der Waals surface area contributed by atoms with E-state index in [1.165, 1.54) is 6.21 Å². The molecule has 2 aromatic rings. The van der Waals surface area contributed by atoms with E-state index in [1.807, 2.05) is 36.4 Å². The molecule has 2 rings (SSSR count). The summed E-state index contributed by atoms with van der Waals surface area (Å²) in [5.41, 5.74) is 3.11. The minimum atomic E-state index is -0.355. The number of carbonyl (C=O) groups excluding carboxylic acids is 1. The number of hydrogen-bond donors (Lipinski definition) is 1. The highest BCUT2D eigenvalue weighted by molar-refractivity contribution is 5.85. The van der Waals surface area contributed by atoms with E-state index in [2.05, 4.69) is 16.4 Å². The molecule has 1 amide bonds. The first kappa shape index (κ1) is 16.1. The molecule has 5 nitrogen and oxygen atoms in total. The van der Waals surface area contributed by atoms with Crippen LogP contribution in [0.2, 0.25) is 0 Å². The van der Waals surface area contributed by atoms with Crippen molar-refractivity contribution in [1.29, 1.82) is 0 Å². The van der Waals surface area contributed by atoms with E-state index in [4.69, 9.17) is 15.9 Å². The van der Waals surface area contributed by atoms with Gasteiger partial charge in [0.1, 0.15) is 18.1 Å². The summed E-state index contributed by atoms with van der Waals surface area (Å²) in [5.74, 6) is 3.27. The van der Waals surface area contributed by atoms with Crippen LogP contribution >= 0.6 is 0 Å². The van der Waals surface area contributed by atoms with Gasteiger partial charge in [-0.05, 0) is 24.3 Å². The van der Waals surface area contributed by atoms with E-state index in [-0.39, 0.29) is 19.1 Å². The van der Waals surface area contributed by atoms with Crippen molar-refractivity contribution in [3.8, 4) is 23.8 Å². The van der Waals surface area contributed by atoms with Crippen LogP contribution in [0, 0.1) is 12.3 Å². The molecule has 0 bridgehead atoms. The Balaban J connectivity index is 1.84. The van der Waals surface area contributed by atoms with Crippen molar-refractivity contribution in [3.05, 3.63) is 60.2 Å². The molecular weight excluding hydrogens is 292 g/mol. The highest BCUT2D eigenvalue weighted by atomic mass is 16.5. The van der Waals surface area contributed by atoms with E-state index in [1.54, 1.807) is 18.2 Å². The van der Waals surface area contributed by atoms with Gasteiger partial charge >= 0.3 is 0 Å². The lowest BCUT2D eigenvalue weighted by Gasteiger charge is -2.06. The van der Waals surface area contributed by atoms with Crippen LogP contribution in [-0.4, -0.2) is 25.3 Å². The molecule has 0 aliphatic carbocycles. The van der Waals surface area contributed by atoms with Crippen LogP contribution in [0.15, 0.2) is 59.7 Å². The van der Waals surface area contributed by atoms with Crippen LogP contribution in [0.25, 0.3) is 0 Å². The first-order valence-corrected chi connectivity index (χ1v) is 6.94. The topological polar surface area (TPSA) is 59.9 Å². The second-order valence-corrected chi connectivity index (χ2v) is 4.43. The van der Waals surface area contributed by atoms with Crippen molar-refractivity contribution < 1.29 is 14.3 Å². The zero-order valence-electron chi connectivity index (χ0n) is 12.4. The minimum Gasteiger partial charge on any atom is -0.484 e. The Bertz CT molecular complexity index is 706. The Morgan fingerprint density at radius 1 is 1.13 bits per heavy atom. The molecule has 0 atom stereocenters. The largest absolute Gasteiger partial charge is 0.484 e. The summed E-state index contributed by atoms with van der Waals surface area (Å²) >= 11 is 0. The second-order valence-electron chi connectivity index (χ2n) is 4.43. The van der Waals surface area contributed by atoms with Crippen molar-refractivity contribution in [2.45, 2.75) is 0 Å². The number of benzene rings is 2. The molecule has 116 valence electrons. The molecule has 1 N–H and O–H groups in total. The lowest BCUT2D eigenvalue weighted by Crippen LogP contribution is -2.24. The summed E-state index contributed by atoms with van der Waals surface area (Å²) in [6.45, 7) is 0.0543. The predicted molar refractivity (Wildman–Crippen MR) is 88.4 cm³/mol. The molecule has 0 saturated carbocycles. The van der Waals surface area contributed by atoms with Crippen LogP contribution in [0.3, 0.4) is 0 Å². The highest BCUT2D eigenvalue weighted by Crippen LogP contribution is 2.15. The maximum atomic E-state index is 11.7. The van der Waals surface area contributed by atoms with Gasteiger partial charge in [-0.1, -0.05) is 36.3 Å². The van der Waals surface area contributed by atoms with E-state index < -0.39 is 0 Å². The SMILES string of the molecule is C#CCOc1ccccc1C=NNC(=O)COc1ccccc1. The average molecular weight is 308 g/mol. The summed E-state index contributed by atoms with van der Waals surface area (Å²) in [4.78, 5) is 11.7. The number of amides is 1. The molecule has 0 unspecified atom stereocenters. The van der Waals surface area contributed by atoms with Crippen molar-refractivity contribution >= 4 is 12.1 Å². The third-order valence-corrected chi connectivity index (χ3v) is 2.74. The Morgan fingerprint density at radius 2 is 1.87 bits per heavy atom. The number of rotatable bonds is 7. The first-order chi connectivity index (χ1) is 11.3. The Hall–Kier alpha value is -3.26. The normalized spacial score (nSPS) is 10.0. The molecule has 0 saturated heterocycles. The smallest absolute Gasteiger partial charge is 0.277 e. The molecule has 0 heterocycles. The number of hydrazone groups is 1. The summed E-state index contributed by atoms with van der Waals surface area (Å²) < 4.78 is 10.7. The number of hydrogen-bond acceptors (Lipinski definition) is 4. The van der Waals surface area contributed by atoms with Gasteiger partial charge in [0.05, 0.1) is 6.21 Å². The molecule has 0 aliphatic heterocycles. The first-order valence-electron chi connectivity index (χ1n) is 6.94. The van der Waals surface area contributed by atoms with Crippen LogP contribution < -0.4 is 14.9 Å². The summed E-state index contributed by atoms with van der Waals surface area (Å²) in [6.07, 6.45) is 6.66. The Labute approximate surface area is 134 Å². The van der Waals surface area contributed by atoms with Gasteiger partial charge in [-0.3, -0.25) is 4.79 Å². The molecule has 0 radical (unpaired) electrons. The minimum absolute atomic E-state index is 0.114. The van der Waals surface area contributed by atoms with Crippen molar-refractivity contribution in [1.82, 2.24) is 5.43 Å². The molecule has 0 aromatic heterocycles. The van der Waals surface area contributed by atoms with E-state index in [0.29, 0.717) is 17.1 Å². The van der Waals surface area contributed by atoms with Gasteiger partial charge in [-0.2, -0.15) is 5.10 Å². The standard InChI is InChI=1S/C18H16N2O3/c1-2-12-22-17-11-7-6-8-15(17)13-19-20-18(21)14-23-16-9-4-3-5-10-16/h1,3-11,13H,12,14H2,(H,20,21). The molecule has 2 aromatic carbocycles.